The topological polar surface area (TPSA) is 98.8 Å². The summed E-state index contributed by atoms with van der Waals surface area (Å²) < 4.78 is 33.6. The molecule has 0 saturated heterocycles. The molecule has 0 radical (unpaired) electrons. The van der Waals surface area contributed by atoms with E-state index in [4.69, 9.17) is 4.74 Å². The first-order valence-corrected chi connectivity index (χ1v) is 7.86. The summed E-state index contributed by atoms with van der Waals surface area (Å²) in [7, 11) is -2.68. The Morgan fingerprint density at radius 3 is 2.43 bits per heavy atom. The van der Waals surface area contributed by atoms with Gasteiger partial charge in [0, 0.05) is 18.4 Å². The van der Waals surface area contributed by atoms with Crippen molar-refractivity contribution < 1.29 is 27.5 Å². The van der Waals surface area contributed by atoms with Gasteiger partial charge in [0.2, 0.25) is 15.4 Å². The van der Waals surface area contributed by atoms with Crippen LogP contribution in [0.5, 0.6) is 0 Å². The number of ether oxygens (including phenoxy) is 2. The number of carbonyl (C=O) groups is 2. The van der Waals surface area contributed by atoms with Gasteiger partial charge in [0.25, 0.3) is 0 Å². The van der Waals surface area contributed by atoms with Crippen LogP contribution in [0.4, 0.5) is 5.69 Å². The van der Waals surface area contributed by atoms with Gasteiger partial charge in [0.1, 0.15) is 6.29 Å². The van der Waals surface area contributed by atoms with Gasteiger partial charge in [-0.15, -0.1) is 0 Å². The number of aldehydes is 1. The van der Waals surface area contributed by atoms with Crippen LogP contribution in [0.3, 0.4) is 0 Å². The average molecular weight is 315 g/mol. The smallest absolute Gasteiger partial charge is 0.321 e. The van der Waals surface area contributed by atoms with E-state index in [1.165, 1.54) is 31.4 Å². The molecule has 0 amide bonds. The average Bonchev–Trinajstić information content (AvgIpc) is 2.44. The van der Waals surface area contributed by atoms with E-state index >= 15 is 0 Å². The molecule has 0 fully saturated rings. The van der Waals surface area contributed by atoms with Gasteiger partial charge in [-0.3, -0.25) is 9.59 Å². The van der Waals surface area contributed by atoms with E-state index < -0.39 is 27.1 Å². The van der Waals surface area contributed by atoms with Crippen molar-refractivity contribution in [2.75, 3.05) is 24.8 Å². The SMILES string of the molecule is CCOC(=O)CS(=O)(=O)C(Nc1ccc(C=O)cc1)OC. The molecule has 0 aromatic heterocycles. The summed E-state index contributed by atoms with van der Waals surface area (Å²) in [4.78, 5) is 21.8. The van der Waals surface area contributed by atoms with E-state index in [-0.39, 0.29) is 6.61 Å². The van der Waals surface area contributed by atoms with Crippen LogP contribution in [-0.4, -0.2) is 45.7 Å². The van der Waals surface area contributed by atoms with Gasteiger partial charge in [-0.05, 0) is 31.2 Å². The molecule has 0 aliphatic rings. The number of hydrogen-bond donors (Lipinski definition) is 1. The predicted octanol–water partition coefficient (Wildman–Crippen LogP) is 0.819. The third-order valence-corrected chi connectivity index (χ3v) is 4.10. The first-order valence-electron chi connectivity index (χ1n) is 6.14. The standard InChI is InChI=1S/C13H17NO6S/c1-3-20-12(16)9-21(17,18)13(19-2)14-11-6-4-10(8-15)5-7-11/h4-8,13-14H,3,9H2,1-2H3. The second kappa shape index (κ2) is 7.75. The van der Waals surface area contributed by atoms with Gasteiger partial charge in [-0.25, -0.2) is 8.42 Å². The molecule has 1 rings (SSSR count). The summed E-state index contributed by atoms with van der Waals surface area (Å²) in [5.74, 6) is -1.61. The first kappa shape index (κ1) is 17.1. The van der Waals surface area contributed by atoms with Crippen LogP contribution in [0.1, 0.15) is 17.3 Å². The maximum atomic E-state index is 12.0. The number of carbonyl (C=O) groups excluding carboxylic acids is 2. The van der Waals surface area contributed by atoms with Crippen LogP contribution in [0, 0.1) is 0 Å². The van der Waals surface area contributed by atoms with Crippen LogP contribution in [-0.2, 0) is 24.1 Å². The maximum Gasteiger partial charge on any atom is 0.321 e. The molecule has 0 heterocycles. The van der Waals surface area contributed by atoms with Gasteiger partial charge >= 0.3 is 5.97 Å². The maximum absolute atomic E-state index is 12.0. The number of sulfone groups is 1. The number of methoxy groups -OCH3 is 1. The van der Waals surface area contributed by atoms with Crippen LogP contribution < -0.4 is 5.32 Å². The Morgan fingerprint density at radius 1 is 1.33 bits per heavy atom. The minimum atomic E-state index is -3.89. The van der Waals surface area contributed by atoms with Crippen LogP contribution in [0.15, 0.2) is 24.3 Å². The Balaban J connectivity index is 2.80. The van der Waals surface area contributed by atoms with Gasteiger partial charge in [-0.1, -0.05) is 0 Å². The quantitative estimate of drug-likeness (QED) is 0.431. The molecule has 0 bridgehead atoms. The van der Waals surface area contributed by atoms with E-state index in [0.29, 0.717) is 17.5 Å². The van der Waals surface area contributed by atoms with Crippen molar-refractivity contribution in [1.82, 2.24) is 0 Å². The molecule has 0 aliphatic carbocycles. The molecular formula is C13H17NO6S. The summed E-state index contributed by atoms with van der Waals surface area (Å²) in [6, 6.07) is 6.13. The lowest BCUT2D eigenvalue weighted by Crippen LogP contribution is -2.36. The molecule has 21 heavy (non-hydrogen) atoms. The normalized spacial score (nSPS) is 12.5. The zero-order valence-electron chi connectivity index (χ0n) is 11.7. The Hall–Kier alpha value is -1.93. The second-order valence-electron chi connectivity index (χ2n) is 4.06. The summed E-state index contributed by atoms with van der Waals surface area (Å²) in [6.07, 6.45) is 0.676. The Bertz CT molecular complexity index is 581. The largest absolute Gasteiger partial charge is 0.465 e. The van der Waals surface area contributed by atoms with Crippen molar-refractivity contribution in [1.29, 1.82) is 0 Å². The fourth-order valence-corrected chi connectivity index (χ4v) is 2.70. The molecule has 0 spiro atoms. The number of esters is 1. The van der Waals surface area contributed by atoms with Gasteiger partial charge in [0.15, 0.2) is 5.75 Å². The van der Waals surface area contributed by atoms with Crippen LogP contribution in [0.2, 0.25) is 0 Å². The van der Waals surface area contributed by atoms with E-state index in [2.05, 4.69) is 10.1 Å². The fourth-order valence-electron chi connectivity index (χ4n) is 1.53. The summed E-state index contributed by atoms with van der Waals surface area (Å²) in [6.45, 7) is 1.69. The monoisotopic (exact) mass is 315 g/mol. The van der Waals surface area contributed by atoms with E-state index in [1.807, 2.05) is 0 Å². The molecule has 1 atom stereocenters. The lowest BCUT2D eigenvalue weighted by molar-refractivity contribution is -0.140. The van der Waals surface area contributed by atoms with Crippen LogP contribution in [0.25, 0.3) is 0 Å². The van der Waals surface area contributed by atoms with Crippen molar-refractivity contribution in [3.8, 4) is 0 Å². The van der Waals surface area contributed by atoms with Gasteiger partial charge in [-0.2, -0.15) is 0 Å². The van der Waals surface area contributed by atoms with Crippen molar-refractivity contribution in [3.63, 3.8) is 0 Å². The first-order chi connectivity index (χ1) is 9.92. The number of rotatable bonds is 8. The van der Waals surface area contributed by atoms with Crippen molar-refractivity contribution in [2.24, 2.45) is 0 Å². The lowest BCUT2D eigenvalue weighted by Gasteiger charge is -2.18. The van der Waals surface area contributed by atoms with Crippen LogP contribution >= 0.6 is 0 Å². The van der Waals surface area contributed by atoms with Crippen molar-refractivity contribution in [3.05, 3.63) is 29.8 Å². The third kappa shape index (κ3) is 5.16. The molecule has 0 saturated carbocycles. The highest BCUT2D eigenvalue weighted by atomic mass is 32.2. The summed E-state index contributed by atoms with van der Waals surface area (Å²) >= 11 is 0. The van der Waals surface area contributed by atoms with E-state index in [0.717, 1.165) is 0 Å². The molecule has 7 nitrogen and oxygen atoms in total. The molecule has 116 valence electrons. The Morgan fingerprint density at radius 2 is 1.95 bits per heavy atom. The molecule has 1 unspecified atom stereocenters. The Labute approximate surface area is 123 Å². The number of anilines is 1. The van der Waals surface area contributed by atoms with Gasteiger partial charge in [0.05, 0.1) is 6.61 Å². The molecule has 1 aromatic rings. The van der Waals surface area contributed by atoms with Crippen molar-refractivity contribution >= 4 is 27.8 Å². The number of hydrogen-bond acceptors (Lipinski definition) is 7. The summed E-state index contributed by atoms with van der Waals surface area (Å²) in [5.41, 5.74) is -0.479. The highest BCUT2D eigenvalue weighted by Gasteiger charge is 2.28. The van der Waals surface area contributed by atoms with E-state index in [9.17, 15) is 18.0 Å². The minimum absolute atomic E-state index is 0.104. The zero-order chi connectivity index (χ0) is 15.9. The van der Waals surface area contributed by atoms with Crippen molar-refractivity contribution in [2.45, 2.75) is 12.5 Å². The molecular weight excluding hydrogens is 298 g/mol. The zero-order valence-corrected chi connectivity index (χ0v) is 12.6. The Kier molecular flexibility index (Phi) is 6.32. The summed E-state index contributed by atoms with van der Waals surface area (Å²) in [5, 5.41) is 2.63. The second-order valence-corrected chi connectivity index (χ2v) is 6.11. The van der Waals surface area contributed by atoms with E-state index in [1.54, 1.807) is 6.92 Å². The van der Waals surface area contributed by atoms with Gasteiger partial charge < -0.3 is 14.8 Å². The minimum Gasteiger partial charge on any atom is -0.465 e. The highest BCUT2D eigenvalue weighted by molar-refractivity contribution is 7.92. The molecule has 1 N–H and O–H groups in total. The number of benzene rings is 1. The highest BCUT2D eigenvalue weighted by Crippen LogP contribution is 2.13. The molecule has 0 aliphatic heterocycles. The predicted molar refractivity (Wildman–Crippen MR) is 76.7 cm³/mol. The molecule has 1 aromatic carbocycles. The molecule has 8 heteroatoms. The lowest BCUT2D eigenvalue weighted by atomic mass is 10.2. The fraction of sp³-hybridized carbons (Fsp3) is 0.385. The number of nitrogens with one attached hydrogen (secondary N) is 1. The third-order valence-electron chi connectivity index (χ3n) is 2.50.